The lowest BCUT2D eigenvalue weighted by Crippen LogP contribution is -2.14. The lowest BCUT2D eigenvalue weighted by Gasteiger charge is -2.10. The molecule has 0 unspecified atom stereocenters. The zero-order valence-electron chi connectivity index (χ0n) is 9.82. The van der Waals surface area contributed by atoms with Crippen molar-refractivity contribution in [1.82, 2.24) is 0 Å². The zero-order valence-corrected chi connectivity index (χ0v) is 9.82. The van der Waals surface area contributed by atoms with Gasteiger partial charge in [-0.05, 0) is 24.6 Å². The van der Waals surface area contributed by atoms with E-state index in [0.29, 0.717) is 23.6 Å². The van der Waals surface area contributed by atoms with E-state index in [0.717, 1.165) is 6.42 Å². The van der Waals surface area contributed by atoms with Crippen LogP contribution in [0.2, 0.25) is 0 Å². The topological polar surface area (TPSA) is 71.3 Å². The molecule has 1 aromatic rings. The number of hydrogen-bond donors (Lipinski definition) is 1. The van der Waals surface area contributed by atoms with Crippen LogP contribution in [0.4, 0.5) is 10.5 Å². The third-order valence-electron chi connectivity index (χ3n) is 2.00. The molecule has 0 aliphatic rings. The summed E-state index contributed by atoms with van der Waals surface area (Å²) in [5, 5.41) is 11.3. The maximum atomic E-state index is 11.4. The fraction of sp³-hybridized carbons (Fsp3) is 0.333. The van der Waals surface area contributed by atoms with E-state index in [1.54, 1.807) is 12.1 Å². The van der Waals surface area contributed by atoms with Gasteiger partial charge in [0.1, 0.15) is 5.75 Å². The van der Waals surface area contributed by atoms with Gasteiger partial charge in [0.2, 0.25) is 0 Å². The Hall–Kier alpha value is -2.22. The Kier molecular flexibility index (Phi) is 4.82. The quantitative estimate of drug-likeness (QED) is 0.868. The van der Waals surface area contributed by atoms with E-state index in [9.17, 15) is 4.79 Å². The molecule has 0 heterocycles. The highest BCUT2D eigenvalue weighted by Crippen LogP contribution is 2.25. The fourth-order valence-corrected chi connectivity index (χ4v) is 1.22. The van der Waals surface area contributed by atoms with Crippen molar-refractivity contribution >= 4 is 11.8 Å². The Bertz CT molecular complexity index is 438. The minimum Gasteiger partial charge on any atom is -0.495 e. The monoisotopic (exact) mass is 234 g/mol. The molecule has 0 aromatic heterocycles. The molecule has 0 radical (unpaired) electrons. The van der Waals surface area contributed by atoms with E-state index in [1.165, 1.54) is 13.2 Å². The number of carbonyl (C=O) groups is 1. The van der Waals surface area contributed by atoms with Crippen molar-refractivity contribution in [2.75, 3.05) is 19.0 Å². The zero-order chi connectivity index (χ0) is 12.7. The second-order valence-electron chi connectivity index (χ2n) is 3.29. The van der Waals surface area contributed by atoms with Crippen LogP contribution in [0.15, 0.2) is 18.2 Å². The normalized spacial score (nSPS) is 9.24. The lowest BCUT2D eigenvalue weighted by atomic mass is 10.2. The van der Waals surface area contributed by atoms with Crippen LogP contribution in [0.3, 0.4) is 0 Å². The van der Waals surface area contributed by atoms with Gasteiger partial charge >= 0.3 is 6.09 Å². The first-order chi connectivity index (χ1) is 8.21. The molecule has 1 aromatic carbocycles. The van der Waals surface area contributed by atoms with Gasteiger partial charge in [0.25, 0.3) is 0 Å². The number of rotatable bonds is 4. The third-order valence-corrected chi connectivity index (χ3v) is 2.00. The number of benzene rings is 1. The Morgan fingerprint density at radius 2 is 2.29 bits per heavy atom. The van der Waals surface area contributed by atoms with Crippen molar-refractivity contribution < 1.29 is 14.3 Å². The van der Waals surface area contributed by atoms with Crippen LogP contribution in [-0.4, -0.2) is 19.8 Å². The third kappa shape index (κ3) is 3.68. The molecule has 1 N–H and O–H groups in total. The summed E-state index contributed by atoms with van der Waals surface area (Å²) >= 11 is 0. The summed E-state index contributed by atoms with van der Waals surface area (Å²) in [6, 6.07) is 6.75. The molecule has 0 saturated carbocycles. The summed E-state index contributed by atoms with van der Waals surface area (Å²) in [6.45, 7) is 2.26. The molecule has 90 valence electrons. The van der Waals surface area contributed by atoms with Crippen LogP contribution >= 0.6 is 0 Å². The van der Waals surface area contributed by atoms with Crippen LogP contribution < -0.4 is 10.1 Å². The summed E-state index contributed by atoms with van der Waals surface area (Å²) in [5.41, 5.74) is 0.865. The summed E-state index contributed by atoms with van der Waals surface area (Å²) in [6.07, 6.45) is 0.197. The van der Waals surface area contributed by atoms with Crippen molar-refractivity contribution in [3.05, 3.63) is 23.8 Å². The molecule has 0 aliphatic carbocycles. The summed E-state index contributed by atoms with van der Waals surface area (Å²) in [7, 11) is 1.49. The summed E-state index contributed by atoms with van der Waals surface area (Å²) in [4.78, 5) is 11.4. The van der Waals surface area contributed by atoms with Gasteiger partial charge in [0.05, 0.1) is 31.0 Å². The van der Waals surface area contributed by atoms with Gasteiger partial charge in [-0.2, -0.15) is 5.26 Å². The molecule has 0 saturated heterocycles. The predicted molar refractivity (Wildman–Crippen MR) is 63.0 cm³/mol. The number of nitriles is 1. The molecule has 5 nitrogen and oxygen atoms in total. The number of nitrogens with zero attached hydrogens (tertiary/aromatic N) is 1. The molecular weight excluding hydrogens is 220 g/mol. The number of methoxy groups -OCH3 is 1. The molecule has 1 amide bonds. The van der Waals surface area contributed by atoms with Crippen molar-refractivity contribution in [3.63, 3.8) is 0 Å². The number of carbonyl (C=O) groups excluding carboxylic acids is 1. The first-order valence-electron chi connectivity index (χ1n) is 5.23. The molecule has 5 heteroatoms. The van der Waals surface area contributed by atoms with Crippen molar-refractivity contribution in [1.29, 1.82) is 5.26 Å². The SMILES string of the molecule is CCCOC(=O)Nc1cc(C#N)ccc1OC. The van der Waals surface area contributed by atoms with E-state index in [1.807, 2.05) is 13.0 Å². The van der Waals surface area contributed by atoms with E-state index >= 15 is 0 Å². The Morgan fingerprint density at radius 1 is 1.53 bits per heavy atom. The maximum Gasteiger partial charge on any atom is 0.411 e. The van der Waals surface area contributed by atoms with Crippen molar-refractivity contribution in [2.24, 2.45) is 0 Å². The number of amides is 1. The number of nitrogens with one attached hydrogen (secondary N) is 1. The maximum absolute atomic E-state index is 11.4. The molecular formula is C12H14N2O3. The molecule has 0 fully saturated rings. The highest BCUT2D eigenvalue weighted by atomic mass is 16.5. The number of hydrogen-bond acceptors (Lipinski definition) is 4. The average molecular weight is 234 g/mol. The number of anilines is 1. The molecule has 0 spiro atoms. The standard InChI is InChI=1S/C12H14N2O3/c1-3-6-17-12(15)14-10-7-9(8-13)4-5-11(10)16-2/h4-5,7H,3,6H2,1-2H3,(H,14,15). The Labute approximate surface area is 100.0 Å². The van der Waals surface area contributed by atoms with Gasteiger partial charge in [0, 0.05) is 0 Å². The van der Waals surface area contributed by atoms with Crippen LogP contribution in [-0.2, 0) is 4.74 Å². The van der Waals surface area contributed by atoms with Gasteiger partial charge < -0.3 is 9.47 Å². The molecule has 0 bridgehead atoms. The van der Waals surface area contributed by atoms with E-state index in [2.05, 4.69) is 5.32 Å². The molecule has 1 rings (SSSR count). The van der Waals surface area contributed by atoms with E-state index in [-0.39, 0.29) is 0 Å². The Balaban J connectivity index is 2.81. The highest BCUT2D eigenvalue weighted by molar-refractivity contribution is 5.87. The minimum absolute atomic E-state index is 0.353. The van der Waals surface area contributed by atoms with Gasteiger partial charge in [-0.1, -0.05) is 6.92 Å². The van der Waals surface area contributed by atoms with Crippen molar-refractivity contribution in [3.8, 4) is 11.8 Å². The lowest BCUT2D eigenvalue weighted by molar-refractivity contribution is 0.161. The van der Waals surface area contributed by atoms with E-state index in [4.69, 9.17) is 14.7 Å². The first kappa shape index (κ1) is 12.8. The summed E-state index contributed by atoms with van der Waals surface area (Å²) in [5.74, 6) is 0.484. The summed E-state index contributed by atoms with van der Waals surface area (Å²) < 4.78 is 9.95. The minimum atomic E-state index is -0.555. The smallest absolute Gasteiger partial charge is 0.411 e. The highest BCUT2D eigenvalue weighted by Gasteiger charge is 2.08. The van der Waals surface area contributed by atoms with Crippen LogP contribution in [0, 0.1) is 11.3 Å². The average Bonchev–Trinajstić information content (AvgIpc) is 2.36. The first-order valence-corrected chi connectivity index (χ1v) is 5.23. The van der Waals surface area contributed by atoms with Crippen LogP contribution in [0.25, 0.3) is 0 Å². The van der Waals surface area contributed by atoms with Crippen molar-refractivity contribution in [2.45, 2.75) is 13.3 Å². The molecule has 0 atom stereocenters. The largest absolute Gasteiger partial charge is 0.495 e. The number of ether oxygens (including phenoxy) is 2. The van der Waals surface area contributed by atoms with E-state index < -0.39 is 6.09 Å². The fourth-order valence-electron chi connectivity index (χ4n) is 1.22. The second kappa shape index (κ2) is 6.38. The second-order valence-corrected chi connectivity index (χ2v) is 3.29. The van der Waals surface area contributed by atoms with Crippen LogP contribution in [0.1, 0.15) is 18.9 Å². The predicted octanol–water partition coefficient (Wildman–Crippen LogP) is 2.53. The van der Waals surface area contributed by atoms with Gasteiger partial charge in [0.15, 0.2) is 0 Å². The van der Waals surface area contributed by atoms with Gasteiger partial charge in [-0.3, -0.25) is 5.32 Å². The molecule has 17 heavy (non-hydrogen) atoms. The van der Waals surface area contributed by atoms with Gasteiger partial charge in [-0.25, -0.2) is 4.79 Å². The van der Waals surface area contributed by atoms with Gasteiger partial charge in [-0.15, -0.1) is 0 Å². The Morgan fingerprint density at radius 3 is 2.88 bits per heavy atom. The van der Waals surface area contributed by atoms with Crippen LogP contribution in [0.5, 0.6) is 5.75 Å². The molecule has 0 aliphatic heterocycles.